The first-order valence-corrected chi connectivity index (χ1v) is 7.66. The molecule has 0 fully saturated rings. The minimum atomic E-state index is -0.520. The second-order valence-corrected chi connectivity index (χ2v) is 6.85. The molecule has 0 aliphatic carbocycles. The van der Waals surface area contributed by atoms with Gasteiger partial charge >= 0.3 is 5.97 Å². The van der Waals surface area contributed by atoms with Crippen LogP contribution in [0, 0.1) is 13.8 Å². The summed E-state index contributed by atoms with van der Waals surface area (Å²) >= 11 is 3.48. The normalized spacial score (nSPS) is 11.1. The van der Waals surface area contributed by atoms with Crippen LogP contribution in [0.1, 0.15) is 44.7 Å². The topological polar surface area (TPSA) is 55.4 Å². The molecule has 0 saturated heterocycles. The second-order valence-electron chi connectivity index (χ2n) is 6.06. The van der Waals surface area contributed by atoms with Gasteiger partial charge in [0, 0.05) is 16.6 Å². The van der Waals surface area contributed by atoms with Crippen molar-refractivity contribution in [2.45, 2.75) is 53.1 Å². The second kappa shape index (κ2) is 7.07. The monoisotopic (exact) mass is 355 g/mol. The fourth-order valence-electron chi connectivity index (χ4n) is 1.85. The maximum absolute atomic E-state index is 11.9. The molecule has 1 aromatic rings. The molecule has 0 radical (unpaired) electrons. The molecule has 0 aliphatic heterocycles. The Hall–Kier alpha value is -1.36. The van der Waals surface area contributed by atoms with Gasteiger partial charge in [-0.1, -0.05) is 15.9 Å². The van der Waals surface area contributed by atoms with Gasteiger partial charge in [-0.3, -0.25) is 9.59 Å². The smallest absolute Gasteiger partial charge is 0.306 e. The molecule has 1 rings (SSSR count). The molecule has 116 valence electrons. The van der Waals surface area contributed by atoms with E-state index in [9.17, 15) is 9.59 Å². The third-order valence-corrected chi connectivity index (χ3v) is 3.95. The summed E-state index contributed by atoms with van der Waals surface area (Å²) in [7, 11) is 0. The lowest BCUT2D eigenvalue weighted by molar-refractivity contribution is -0.155. The number of carbonyl (C=O) groups is 2. The number of hydrogen-bond acceptors (Lipinski definition) is 3. The SMILES string of the molecule is Cc1cc(NC(=O)CCC(=O)OC(C)(C)C)cc(C)c1Br. The molecule has 1 aromatic carbocycles. The average Bonchev–Trinajstić information content (AvgIpc) is 2.31. The van der Waals surface area contributed by atoms with Crippen LogP contribution in [0.15, 0.2) is 16.6 Å². The van der Waals surface area contributed by atoms with Gasteiger partial charge in [0.15, 0.2) is 0 Å². The number of rotatable bonds is 4. The summed E-state index contributed by atoms with van der Waals surface area (Å²) in [5, 5.41) is 2.80. The van der Waals surface area contributed by atoms with E-state index in [0.717, 1.165) is 21.3 Å². The lowest BCUT2D eigenvalue weighted by atomic mass is 10.1. The molecule has 4 nitrogen and oxygen atoms in total. The Kier molecular flexibility index (Phi) is 5.96. The van der Waals surface area contributed by atoms with Crippen molar-refractivity contribution in [1.82, 2.24) is 0 Å². The molecule has 0 atom stereocenters. The zero-order chi connectivity index (χ0) is 16.2. The van der Waals surface area contributed by atoms with Crippen LogP contribution in [0.5, 0.6) is 0 Å². The number of esters is 1. The Morgan fingerprint density at radius 2 is 1.67 bits per heavy atom. The highest BCUT2D eigenvalue weighted by molar-refractivity contribution is 9.10. The van der Waals surface area contributed by atoms with Gasteiger partial charge in [-0.25, -0.2) is 0 Å². The van der Waals surface area contributed by atoms with Gasteiger partial charge in [-0.15, -0.1) is 0 Å². The van der Waals surface area contributed by atoms with E-state index in [1.807, 2.05) is 26.0 Å². The molecule has 0 aromatic heterocycles. The molecule has 1 N–H and O–H groups in total. The summed E-state index contributed by atoms with van der Waals surface area (Å²) in [6, 6.07) is 3.78. The number of halogens is 1. The fourth-order valence-corrected chi connectivity index (χ4v) is 2.08. The lowest BCUT2D eigenvalue weighted by Gasteiger charge is -2.19. The number of ether oxygens (including phenoxy) is 1. The molecule has 0 heterocycles. The van der Waals surface area contributed by atoms with E-state index in [2.05, 4.69) is 21.2 Å². The molecule has 5 heteroatoms. The molecule has 0 spiro atoms. The molecular weight excluding hydrogens is 334 g/mol. The van der Waals surface area contributed by atoms with Crippen molar-refractivity contribution in [3.8, 4) is 0 Å². The number of benzene rings is 1. The van der Waals surface area contributed by atoms with E-state index in [0.29, 0.717) is 0 Å². The lowest BCUT2D eigenvalue weighted by Crippen LogP contribution is -2.24. The summed E-state index contributed by atoms with van der Waals surface area (Å²) in [5.41, 5.74) is 2.32. The Balaban J connectivity index is 2.53. The van der Waals surface area contributed by atoms with Gasteiger partial charge in [-0.2, -0.15) is 0 Å². The maximum atomic E-state index is 11.9. The minimum absolute atomic E-state index is 0.0809. The van der Waals surface area contributed by atoms with E-state index >= 15 is 0 Å². The molecule has 0 bridgehead atoms. The van der Waals surface area contributed by atoms with Crippen LogP contribution in [-0.4, -0.2) is 17.5 Å². The highest BCUT2D eigenvalue weighted by Crippen LogP contribution is 2.25. The summed E-state index contributed by atoms with van der Waals surface area (Å²) in [6.45, 7) is 9.34. The number of hydrogen-bond donors (Lipinski definition) is 1. The van der Waals surface area contributed by atoms with Gasteiger partial charge < -0.3 is 10.1 Å². The third-order valence-electron chi connectivity index (χ3n) is 2.70. The van der Waals surface area contributed by atoms with E-state index in [-0.39, 0.29) is 24.7 Å². The molecule has 0 aliphatic rings. The molecular formula is C16H22BrNO3. The Morgan fingerprint density at radius 1 is 1.14 bits per heavy atom. The Morgan fingerprint density at radius 3 is 2.14 bits per heavy atom. The van der Waals surface area contributed by atoms with Gasteiger partial charge in [0.1, 0.15) is 5.60 Å². The predicted octanol–water partition coefficient (Wildman–Crippen LogP) is 4.13. The van der Waals surface area contributed by atoms with E-state index in [4.69, 9.17) is 4.74 Å². The maximum Gasteiger partial charge on any atom is 0.306 e. The van der Waals surface area contributed by atoms with Gasteiger partial charge in [0.2, 0.25) is 5.91 Å². The first-order valence-electron chi connectivity index (χ1n) is 6.87. The van der Waals surface area contributed by atoms with Crippen LogP contribution < -0.4 is 5.32 Å². The van der Waals surface area contributed by atoms with E-state index in [1.54, 1.807) is 20.8 Å². The summed E-state index contributed by atoms with van der Waals surface area (Å²) < 4.78 is 6.20. The van der Waals surface area contributed by atoms with Crippen molar-refractivity contribution in [1.29, 1.82) is 0 Å². The zero-order valence-corrected chi connectivity index (χ0v) is 14.8. The highest BCUT2D eigenvalue weighted by atomic mass is 79.9. The molecule has 0 saturated carbocycles. The van der Waals surface area contributed by atoms with Crippen molar-refractivity contribution in [3.05, 3.63) is 27.7 Å². The summed E-state index contributed by atoms with van der Waals surface area (Å²) in [5.74, 6) is -0.553. The average molecular weight is 356 g/mol. The predicted molar refractivity (Wildman–Crippen MR) is 87.3 cm³/mol. The first-order chi connectivity index (χ1) is 9.58. The van der Waals surface area contributed by atoms with Crippen molar-refractivity contribution < 1.29 is 14.3 Å². The zero-order valence-electron chi connectivity index (χ0n) is 13.2. The Bertz CT molecular complexity index is 524. The van der Waals surface area contributed by atoms with Crippen LogP contribution in [-0.2, 0) is 14.3 Å². The van der Waals surface area contributed by atoms with Gasteiger partial charge in [-0.05, 0) is 57.9 Å². The number of amides is 1. The van der Waals surface area contributed by atoms with Crippen LogP contribution in [0.3, 0.4) is 0 Å². The van der Waals surface area contributed by atoms with Crippen LogP contribution in [0.25, 0.3) is 0 Å². The largest absolute Gasteiger partial charge is 0.460 e. The minimum Gasteiger partial charge on any atom is -0.460 e. The molecule has 21 heavy (non-hydrogen) atoms. The first kappa shape index (κ1) is 17.7. The number of carbonyl (C=O) groups excluding carboxylic acids is 2. The fraction of sp³-hybridized carbons (Fsp3) is 0.500. The van der Waals surface area contributed by atoms with Crippen LogP contribution in [0.2, 0.25) is 0 Å². The number of aryl methyl sites for hydroxylation is 2. The summed E-state index contributed by atoms with van der Waals surface area (Å²) in [6.07, 6.45) is 0.195. The molecule has 0 unspecified atom stereocenters. The quantitative estimate of drug-likeness (QED) is 0.826. The van der Waals surface area contributed by atoms with Gasteiger partial charge in [0.05, 0.1) is 6.42 Å². The van der Waals surface area contributed by atoms with Crippen molar-refractivity contribution >= 4 is 33.5 Å². The van der Waals surface area contributed by atoms with E-state index < -0.39 is 5.60 Å². The third kappa shape index (κ3) is 6.29. The van der Waals surface area contributed by atoms with Crippen molar-refractivity contribution in [2.24, 2.45) is 0 Å². The number of nitrogens with one attached hydrogen (secondary N) is 1. The molecule has 1 amide bonds. The van der Waals surface area contributed by atoms with Crippen molar-refractivity contribution in [2.75, 3.05) is 5.32 Å². The van der Waals surface area contributed by atoms with Crippen LogP contribution >= 0.6 is 15.9 Å². The standard InChI is InChI=1S/C16H22BrNO3/c1-10-8-12(9-11(2)15(10)17)18-13(19)6-7-14(20)21-16(3,4)5/h8-9H,6-7H2,1-5H3,(H,18,19). The van der Waals surface area contributed by atoms with Crippen molar-refractivity contribution in [3.63, 3.8) is 0 Å². The van der Waals surface area contributed by atoms with Gasteiger partial charge in [0.25, 0.3) is 0 Å². The van der Waals surface area contributed by atoms with Crippen LogP contribution in [0.4, 0.5) is 5.69 Å². The highest BCUT2D eigenvalue weighted by Gasteiger charge is 2.17. The summed E-state index contributed by atoms with van der Waals surface area (Å²) in [4.78, 5) is 23.4. The number of anilines is 1. The van der Waals surface area contributed by atoms with E-state index in [1.165, 1.54) is 0 Å². The Labute approximate surface area is 134 Å².